The molecule has 2 aliphatic heterocycles. The standard InChI is InChI=1S/C14H22N4.C2HF3O2/c1-3-11(2)17-7-12-9-18(10-13(12)8-17)14-15-5-4-6-16-14;3-2(4,5)1(6)7/h4-6,11-13H,3,7-10H2,1-2H3;(H,6,7)/t11?,12-,13+;. The maximum atomic E-state index is 10.6. The van der Waals surface area contributed by atoms with Crippen molar-refractivity contribution in [2.75, 3.05) is 31.1 Å². The first-order chi connectivity index (χ1) is 11.7. The predicted octanol–water partition coefficient (Wildman–Crippen LogP) is 2.28. The van der Waals surface area contributed by atoms with Crippen LogP contribution in [0.3, 0.4) is 0 Å². The molecule has 1 aromatic rings. The maximum Gasteiger partial charge on any atom is 0.490 e. The Morgan fingerprint density at radius 1 is 1.24 bits per heavy atom. The van der Waals surface area contributed by atoms with Crippen molar-refractivity contribution in [3.05, 3.63) is 18.5 Å². The SMILES string of the molecule is CCC(C)N1C[C@H]2CN(c3ncccn3)C[C@H]2C1.O=C(O)C(F)(F)F. The minimum absolute atomic E-state index is 0.733. The third-order valence-corrected chi connectivity index (χ3v) is 4.81. The molecule has 0 aliphatic carbocycles. The molecule has 1 unspecified atom stereocenters. The van der Waals surface area contributed by atoms with E-state index in [2.05, 4.69) is 33.6 Å². The molecule has 0 radical (unpaired) electrons. The van der Waals surface area contributed by atoms with Crippen LogP contribution in [0.25, 0.3) is 0 Å². The number of aliphatic carboxylic acids is 1. The van der Waals surface area contributed by atoms with Crippen molar-refractivity contribution < 1.29 is 23.1 Å². The third kappa shape index (κ3) is 5.04. The quantitative estimate of drug-likeness (QED) is 0.892. The summed E-state index contributed by atoms with van der Waals surface area (Å²) < 4.78 is 31.7. The van der Waals surface area contributed by atoms with Crippen molar-refractivity contribution in [3.63, 3.8) is 0 Å². The van der Waals surface area contributed by atoms with Gasteiger partial charge in [0, 0.05) is 44.6 Å². The van der Waals surface area contributed by atoms with Crippen LogP contribution in [-0.2, 0) is 4.79 Å². The monoisotopic (exact) mass is 360 g/mol. The van der Waals surface area contributed by atoms with Crippen LogP contribution in [0.1, 0.15) is 20.3 Å². The number of carboxylic acids is 1. The number of anilines is 1. The Labute approximate surface area is 144 Å². The second-order valence-electron chi connectivity index (χ2n) is 6.49. The van der Waals surface area contributed by atoms with Crippen LogP contribution in [0.4, 0.5) is 19.1 Å². The summed E-state index contributed by atoms with van der Waals surface area (Å²) in [7, 11) is 0. The molecular weight excluding hydrogens is 337 g/mol. The molecule has 2 saturated heterocycles. The lowest BCUT2D eigenvalue weighted by atomic mass is 10.0. The van der Waals surface area contributed by atoms with Gasteiger partial charge in [-0.2, -0.15) is 13.2 Å². The highest BCUT2D eigenvalue weighted by Crippen LogP contribution is 2.33. The lowest BCUT2D eigenvalue weighted by molar-refractivity contribution is -0.192. The van der Waals surface area contributed by atoms with Gasteiger partial charge in [0.2, 0.25) is 5.95 Å². The fourth-order valence-electron chi connectivity index (χ4n) is 3.27. The number of hydrogen-bond acceptors (Lipinski definition) is 5. The number of fused-ring (bicyclic) bond motifs is 1. The van der Waals surface area contributed by atoms with Gasteiger partial charge < -0.3 is 10.0 Å². The summed E-state index contributed by atoms with van der Waals surface area (Å²) in [5.74, 6) is -0.236. The van der Waals surface area contributed by atoms with Crippen molar-refractivity contribution in [1.29, 1.82) is 0 Å². The highest BCUT2D eigenvalue weighted by molar-refractivity contribution is 5.73. The third-order valence-electron chi connectivity index (χ3n) is 4.81. The number of carboxylic acid groups (broad SMARTS) is 1. The Hall–Kier alpha value is -1.90. The first-order valence-corrected chi connectivity index (χ1v) is 8.28. The van der Waals surface area contributed by atoms with Gasteiger partial charge in [-0.15, -0.1) is 0 Å². The number of nitrogens with zero attached hydrogens (tertiary/aromatic N) is 4. The van der Waals surface area contributed by atoms with Crippen LogP contribution in [0, 0.1) is 11.8 Å². The summed E-state index contributed by atoms with van der Waals surface area (Å²) in [5, 5.41) is 7.12. The molecule has 3 atom stereocenters. The Balaban J connectivity index is 0.000000277. The van der Waals surface area contributed by atoms with Gasteiger partial charge in [-0.1, -0.05) is 6.92 Å². The number of alkyl halides is 3. The topological polar surface area (TPSA) is 69.6 Å². The van der Waals surface area contributed by atoms with E-state index in [9.17, 15) is 13.2 Å². The van der Waals surface area contributed by atoms with E-state index in [0.29, 0.717) is 0 Å². The van der Waals surface area contributed by atoms with E-state index in [0.717, 1.165) is 36.9 Å². The highest BCUT2D eigenvalue weighted by atomic mass is 19.4. The molecule has 0 aromatic carbocycles. The van der Waals surface area contributed by atoms with Gasteiger partial charge in [-0.3, -0.25) is 4.90 Å². The van der Waals surface area contributed by atoms with Gasteiger partial charge in [0.1, 0.15) is 0 Å². The Morgan fingerprint density at radius 3 is 2.12 bits per heavy atom. The molecule has 1 N–H and O–H groups in total. The summed E-state index contributed by atoms with van der Waals surface area (Å²) in [4.78, 5) is 22.6. The lowest BCUT2D eigenvalue weighted by Gasteiger charge is -2.25. The van der Waals surface area contributed by atoms with Crippen molar-refractivity contribution in [1.82, 2.24) is 14.9 Å². The van der Waals surface area contributed by atoms with E-state index >= 15 is 0 Å². The number of rotatable bonds is 3. The smallest absolute Gasteiger partial charge is 0.475 e. The fourth-order valence-corrected chi connectivity index (χ4v) is 3.27. The van der Waals surface area contributed by atoms with E-state index in [1.54, 1.807) is 0 Å². The molecule has 0 amide bonds. The maximum absolute atomic E-state index is 10.6. The molecule has 1 aromatic heterocycles. The Bertz CT molecular complexity index is 556. The molecule has 0 spiro atoms. The van der Waals surface area contributed by atoms with Gasteiger partial charge in [0.25, 0.3) is 0 Å². The van der Waals surface area contributed by atoms with Crippen molar-refractivity contribution >= 4 is 11.9 Å². The fraction of sp³-hybridized carbons (Fsp3) is 0.688. The molecule has 140 valence electrons. The molecule has 2 fully saturated rings. The summed E-state index contributed by atoms with van der Waals surface area (Å²) in [6.07, 6.45) is -0.158. The van der Waals surface area contributed by atoms with E-state index in [-0.39, 0.29) is 0 Å². The Kier molecular flexibility index (Phi) is 6.21. The minimum atomic E-state index is -5.08. The van der Waals surface area contributed by atoms with Crippen molar-refractivity contribution in [2.24, 2.45) is 11.8 Å². The molecule has 6 nitrogen and oxygen atoms in total. The lowest BCUT2D eigenvalue weighted by Crippen LogP contribution is -2.34. The van der Waals surface area contributed by atoms with Crippen LogP contribution >= 0.6 is 0 Å². The van der Waals surface area contributed by atoms with Gasteiger partial charge in [-0.05, 0) is 31.2 Å². The van der Waals surface area contributed by atoms with Gasteiger partial charge in [0.05, 0.1) is 0 Å². The zero-order valence-corrected chi connectivity index (χ0v) is 14.3. The zero-order chi connectivity index (χ0) is 18.6. The number of hydrogen-bond donors (Lipinski definition) is 1. The van der Waals surface area contributed by atoms with Crippen LogP contribution in [0.15, 0.2) is 18.5 Å². The van der Waals surface area contributed by atoms with E-state index in [4.69, 9.17) is 9.90 Å². The van der Waals surface area contributed by atoms with E-state index < -0.39 is 12.1 Å². The average molecular weight is 360 g/mol. The average Bonchev–Trinajstić information content (AvgIpc) is 3.13. The van der Waals surface area contributed by atoms with Crippen LogP contribution in [0.2, 0.25) is 0 Å². The normalized spacial score (nSPS) is 24.4. The summed E-state index contributed by atoms with van der Waals surface area (Å²) in [6, 6.07) is 2.61. The van der Waals surface area contributed by atoms with Crippen LogP contribution in [0.5, 0.6) is 0 Å². The van der Waals surface area contributed by atoms with Crippen molar-refractivity contribution in [2.45, 2.75) is 32.5 Å². The number of carbonyl (C=O) groups is 1. The summed E-state index contributed by atoms with van der Waals surface area (Å²) in [6.45, 7) is 9.39. The predicted molar refractivity (Wildman–Crippen MR) is 86.2 cm³/mol. The second kappa shape index (κ2) is 7.99. The van der Waals surface area contributed by atoms with Gasteiger partial charge in [-0.25, -0.2) is 14.8 Å². The number of aromatic nitrogens is 2. The summed E-state index contributed by atoms with van der Waals surface area (Å²) >= 11 is 0. The minimum Gasteiger partial charge on any atom is -0.475 e. The largest absolute Gasteiger partial charge is 0.490 e. The molecule has 3 rings (SSSR count). The highest BCUT2D eigenvalue weighted by Gasteiger charge is 2.41. The molecule has 25 heavy (non-hydrogen) atoms. The van der Waals surface area contributed by atoms with Gasteiger partial charge in [0.15, 0.2) is 0 Å². The second-order valence-corrected chi connectivity index (χ2v) is 6.49. The van der Waals surface area contributed by atoms with Crippen molar-refractivity contribution in [3.8, 4) is 0 Å². The van der Waals surface area contributed by atoms with E-state index in [1.807, 2.05) is 18.5 Å². The number of likely N-dealkylation sites (tertiary alicyclic amines) is 1. The Morgan fingerprint density at radius 2 is 1.72 bits per heavy atom. The van der Waals surface area contributed by atoms with Crippen LogP contribution in [-0.4, -0.2) is 64.3 Å². The first-order valence-electron chi connectivity index (χ1n) is 8.28. The molecule has 0 saturated carbocycles. The van der Waals surface area contributed by atoms with E-state index in [1.165, 1.54) is 19.5 Å². The molecule has 9 heteroatoms. The molecule has 2 aliphatic rings. The molecule has 3 heterocycles. The van der Waals surface area contributed by atoms with Gasteiger partial charge >= 0.3 is 12.1 Å². The summed E-state index contributed by atoms with van der Waals surface area (Å²) in [5.41, 5.74) is 0. The number of halogens is 3. The molecule has 0 bridgehead atoms. The van der Waals surface area contributed by atoms with Crippen LogP contribution < -0.4 is 4.90 Å². The zero-order valence-electron chi connectivity index (χ0n) is 14.3. The molecular formula is C16H23F3N4O2. The first kappa shape index (κ1) is 19.4.